The molecule has 0 radical (unpaired) electrons. The second-order valence-electron chi connectivity index (χ2n) is 4.34. The van der Waals surface area contributed by atoms with Crippen LogP contribution in [0.15, 0.2) is 18.2 Å². The molecule has 0 aromatic heterocycles. The van der Waals surface area contributed by atoms with Gasteiger partial charge in [0, 0.05) is 24.7 Å². The first-order valence-corrected chi connectivity index (χ1v) is 6.49. The summed E-state index contributed by atoms with van der Waals surface area (Å²) in [5, 5.41) is 3.16. The summed E-state index contributed by atoms with van der Waals surface area (Å²) in [6.45, 7) is 9.56. The highest BCUT2D eigenvalue weighted by Crippen LogP contribution is 2.19. The van der Waals surface area contributed by atoms with Crippen LogP contribution in [0.25, 0.3) is 0 Å². The van der Waals surface area contributed by atoms with Crippen LogP contribution in [0, 0.1) is 11.6 Å². The minimum atomic E-state index is -0.488. The van der Waals surface area contributed by atoms with Crippen molar-refractivity contribution < 1.29 is 8.78 Å². The first-order chi connectivity index (χ1) is 8.60. The molecule has 0 aliphatic heterocycles. The van der Waals surface area contributed by atoms with E-state index in [2.05, 4.69) is 24.1 Å². The molecule has 0 aliphatic rings. The van der Waals surface area contributed by atoms with Gasteiger partial charge in [-0.25, -0.2) is 8.78 Å². The zero-order valence-electron chi connectivity index (χ0n) is 11.3. The Bertz CT molecular complexity index is 345. The van der Waals surface area contributed by atoms with Gasteiger partial charge in [0.05, 0.1) is 0 Å². The van der Waals surface area contributed by atoms with Gasteiger partial charge in [-0.2, -0.15) is 0 Å². The molecule has 0 saturated carbocycles. The van der Waals surface area contributed by atoms with E-state index in [0.29, 0.717) is 0 Å². The fraction of sp³-hybridized carbons (Fsp3) is 0.571. The van der Waals surface area contributed by atoms with Gasteiger partial charge in [-0.1, -0.05) is 19.9 Å². The number of nitrogens with zero attached hydrogens (tertiary/aromatic N) is 1. The minimum Gasteiger partial charge on any atom is -0.309 e. The van der Waals surface area contributed by atoms with Crippen molar-refractivity contribution in [1.82, 2.24) is 10.2 Å². The number of hydrogen-bond donors (Lipinski definition) is 1. The quantitative estimate of drug-likeness (QED) is 0.807. The lowest BCUT2D eigenvalue weighted by Gasteiger charge is -2.21. The standard InChI is InChI=1S/C14H22F2N2/c1-4-18(5-2)10-9-17-11(3)14-12(15)7-6-8-13(14)16/h6-8,11,17H,4-5,9-10H2,1-3H3. The van der Waals surface area contributed by atoms with E-state index in [1.54, 1.807) is 6.92 Å². The van der Waals surface area contributed by atoms with Crippen LogP contribution in [-0.4, -0.2) is 31.1 Å². The molecule has 102 valence electrons. The van der Waals surface area contributed by atoms with Gasteiger partial charge in [-0.05, 0) is 32.1 Å². The summed E-state index contributed by atoms with van der Waals surface area (Å²) in [6.07, 6.45) is 0. The van der Waals surface area contributed by atoms with Crippen molar-refractivity contribution in [1.29, 1.82) is 0 Å². The maximum atomic E-state index is 13.5. The fourth-order valence-electron chi connectivity index (χ4n) is 2.01. The molecule has 0 aliphatic carbocycles. The third-order valence-corrected chi connectivity index (χ3v) is 3.21. The highest BCUT2D eigenvalue weighted by molar-refractivity contribution is 5.22. The largest absolute Gasteiger partial charge is 0.309 e. The molecule has 0 saturated heterocycles. The molecule has 0 amide bonds. The number of halogens is 2. The summed E-state index contributed by atoms with van der Waals surface area (Å²) in [5.41, 5.74) is 0.122. The van der Waals surface area contributed by atoms with E-state index in [4.69, 9.17) is 0 Å². The van der Waals surface area contributed by atoms with Crippen molar-refractivity contribution in [2.24, 2.45) is 0 Å². The predicted octanol–water partition coefficient (Wildman–Crippen LogP) is 2.96. The van der Waals surface area contributed by atoms with Gasteiger partial charge in [0.2, 0.25) is 0 Å². The van der Waals surface area contributed by atoms with Crippen LogP contribution in [0.1, 0.15) is 32.4 Å². The molecule has 0 bridgehead atoms. The molecule has 18 heavy (non-hydrogen) atoms. The SMILES string of the molecule is CCN(CC)CCNC(C)c1c(F)cccc1F. The normalized spacial score (nSPS) is 13.0. The number of rotatable bonds is 7. The molecular weight excluding hydrogens is 234 g/mol. The van der Waals surface area contributed by atoms with Gasteiger partial charge in [0.15, 0.2) is 0 Å². The van der Waals surface area contributed by atoms with Gasteiger partial charge in [-0.3, -0.25) is 0 Å². The van der Waals surface area contributed by atoms with E-state index >= 15 is 0 Å². The molecule has 0 fully saturated rings. The van der Waals surface area contributed by atoms with Crippen LogP contribution in [-0.2, 0) is 0 Å². The second-order valence-corrected chi connectivity index (χ2v) is 4.34. The van der Waals surface area contributed by atoms with Gasteiger partial charge in [0.25, 0.3) is 0 Å². The van der Waals surface area contributed by atoms with Crippen molar-refractivity contribution in [2.45, 2.75) is 26.8 Å². The van der Waals surface area contributed by atoms with E-state index in [1.807, 2.05) is 0 Å². The molecule has 2 nitrogen and oxygen atoms in total. The van der Waals surface area contributed by atoms with Gasteiger partial charge >= 0.3 is 0 Å². The van der Waals surface area contributed by atoms with Crippen LogP contribution in [0.4, 0.5) is 8.78 Å². The van der Waals surface area contributed by atoms with E-state index in [0.717, 1.165) is 26.2 Å². The number of benzene rings is 1. The summed E-state index contributed by atoms with van der Waals surface area (Å²) in [5.74, 6) is -0.976. The topological polar surface area (TPSA) is 15.3 Å². The van der Waals surface area contributed by atoms with Gasteiger partial charge in [0.1, 0.15) is 11.6 Å². The monoisotopic (exact) mass is 256 g/mol. The van der Waals surface area contributed by atoms with Crippen LogP contribution < -0.4 is 5.32 Å². The molecule has 0 heterocycles. The van der Waals surface area contributed by atoms with Crippen molar-refractivity contribution in [3.05, 3.63) is 35.4 Å². The summed E-state index contributed by atoms with van der Waals surface area (Å²) in [7, 11) is 0. The Kier molecular flexibility index (Phi) is 6.22. The molecule has 1 atom stereocenters. The van der Waals surface area contributed by atoms with Crippen molar-refractivity contribution in [3.63, 3.8) is 0 Å². The fourth-order valence-corrected chi connectivity index (χ4v) is 2.01. The Balaban J connectivity index is 2.53. The molecule has 4 heteroatoms. The van der Waals surface area contributed by atoms with Crippen molar-refractivity contribution in [3.8, 4) is 0 Å². The molecule has 1 aromatic carbocycles. The van der Waals surface area contributed by atoms with Crippen molar-refractivity contribution >= 4 is 0 Å². The summed E-state index contributed by atoms with van der Waals surface area (Å²) in [4.78, 5) is 2.26. The Morgan fingerprint density at radius 3 is 2.22 bits per heavy atom. The minimum absolute atomic E-state index is 0.122. The third-order valence-electron chi connectivity index (χ3n) is 3.21. The lowest BCUT2D eigenvalue weighted by Crippen LogP contribution is -2.33. The Morgan fingerprint density at radius 2 is 1.72 bits per heavy atom. The molecule has 0 spiro atoms. The third kappa shape index (κ3) is 4.03. The Morgan fingerprint density at radius 1 is 1.17 bits per heavy atom. The summed E-state index contributed by atoms with van der Waals surface area (Å²) in [6, 6.07) is 3.65. The maximum absolute atomic E-state index is 13.5. The number of hydrogen-bond acceptors (Lipinski definition) is 2. The van der Waals surface area contributed by atoms with E-state index in [9.17, 15) is 8.78 Å². The van der Waals surface area contributed by atoms with Gasteiger partial charge < -0.3 is 10.2 Å². The maximum Gasteiger partial charge on any atom is 0.130 e. The van der Waals surface area contributed by atoms with E-state index in [-0.39, 0.29) is 11.6 Å². The second kappa shape index (κ2) is 7.44. The lowest BCUT2D eigenvalue weighted by molar-refractivity contribution is 0.296. The van der Waals surface area contributed by atoms with E-state index in [1.165, 1.54) is 18.2 Å². The zero-order valence-corrected chi connectivity index (χ0v) is 11.3. The Hall–Kier alpha value is -1.00. The number of likely N-dealkylation sites (N-methyl/N-ethyl adjacent to an activating group) is 1. The van der Waals surface area contributed by atoms with Crippen LogP contribution >= 0.6 is 0 Å². The highest BCUT2D eigenvalue weighted by atomic mass is 19.1. The van der Waals surface area contributed by atoms with Gasteiger partial charge in [-0.15, -0.1) is 0 Å². The van der Waals surface area contributed by atoms with Crippen LogP contribution in [0.2, 0.25) is 0 Å². The molecule has 1 rings (SSSR count). The summed E-state index contributed by atoms with van der Waals surface area (Å²) >= 11 is 0. The molecule has 1 aromatic rings. The van der Waals surface area contributed by atoms with Crippen LogP contribution in [0.5, 0.6) is 0 Å². The Labute approximate surface area is 108 Å². The van der Waals surface area contributed by atoms with Crippen LogP contribution in [0.3, 0.4) is 0 Å². The zero-order chi connectivity index (χ0) is 13.5. The smallest absolute Gasteiger partial charge is 0.130 e. The predicted molar refractivity (Wildman–Crippen MR) is 70.6 cm³/mol. The number of nitrogens with one attached hydrogen (secondary N) is 1. The molecule has 1 N–H and O–H groups in total. The van der Waals surface area contributed by atoms with E-state index < -0.39 is 11.6 Å². The molecule has 1 unspecified atom stereocenters. The first-order valence-electron chi connectivity index (χ1n) is 6.49. The summed E-state index contributed by atoms with van der Waals surface area (Å²) < 4.78 is 27.1. The average molecular weight is 256 g/mol. The first kappa shape index (κ1) is 15.1. The molecular formula is C14H22F2N2. The van der Waals surface area contributed by atoms with Crippen molar-refractivity contribution in [2.75, 3.05) is 26.2 Å². The lowest BCUT2D eigenvalue weighted by atomic mass is 10.1. The average Bonchev–Trinajstić information content (AvgIpc) is 2.34. The highest BCUT2D eigenvalue weighted by Gasteiger charge is 2.15.